The van der Waals surface area contributed by atoms with Gasteiger partial charge in [0.05, 0.1) is 18.0 Å². The summed E-state index contributed by atoms with van der Waals surface area (Å²) in [6.45, 7) is 0.992. The van der Waals surface area contributed by atoms with E-state index in [1.165, 1.54) is 21.4 Å². The highest BCUT2D eigenvalue weighted by molar-refractivity contribution is 7.89. The molecule has 11 heteroatoms. The molecular formula is C17H19N5O5S. The standard InChI is InChI=1S/C17H19N5O5S/c23-16(11-22-13-4-1-2-5-14(13)27-17(22)24)20-6-3-7-21(9-8-20)28(25,26)15-10-18-12-19-15/h1-2,4-5,10,12H,3,6-9,11H2,(H,18,19). The monoisotopic (exact) mass is 405 g/mol. The topological polar surface area (TPSA) is 122 Å². The lowest BCUT2D eigenvalue weighted by Crippen LogP contribution is -2.39. The average molecular weight is 405 g/mol. The van der Waals surface area contributed by atoms with E-state index in [0.717, 1.165) is 0 Å². The number of imidazole rings is 1. The molecule has 0 spiro atoms. The largest absolute Gasteiger partial charge is 0.420 e. The Hall–Kier alpha value is -2.92. The van der Waals surface area contributed by atoms with Gasteiger partial charge in [-0.3, -0.25) is 9.36 Å². The molecule has 1 fully saturated rings. The van der Waals surface area contributed by atoms with E-state index in [2.05, 4.69) is 9.97 Å². The van der Waals surface area contributed by atoms with Gasteiger partial charge in [0.1, 0.15) is 6.54 Å². The summed E-state index contributed by atoms with van der Waals surface area (Å²) >= 11 is 0. The Kier molecular flexibility index (Phi) is 4.77. The SMILES string of the molecule is O=C(Cn1c(=O)oc2ccccc21)N1CCCN(S(=O)(=O)c2cnc[nH]2)CC1. The van der Waals surface area contributed by atoms with Crippen molar-refractivity contribution in [2.24, 2.45) is 0 Å². The fraction of sp³-hybridized carbons (Fsp3) is 0.353. The summed E-state index contributed by atoms with van der Waals surface area (Å²) in [6, 6.07) is 6.90. The summed E-state index contributed by atoms with van der Waals surface area (Å²) < 4.78 is 33.0. The summed E-state index contributed by atoms with van der Waals surface area (Å²) in [5, 5.41) is 0.0312. The molecule has 2 aromatic heterocycles. The number of nitrogens with zero attached hydrogens (tertiary/aromatic N) is 4. The van der Waals surface area contributed by atoms with Crippen LogP contribution in [0.5, 0.6) is 0 Å². The van der Waals surface area contributed by atoms with Crippen LogP contribution >= 0.6 is 0 Å². The van der Waals surface area contributed by atoms with Gasteiger partial charge in [-0.25, -0.2) is 18.2 Å². The predicted octanol–water partition coefficient (Wildman–Crippen LogP) is 0.241. The molecule has 1 saturated heterocycles. The number of carbonyl (C=O) groups is 1. The Balaban J connectivity index is 1.48. The molecule has 1 N–H and O–H groups in total. The first-order valence-electron chi connectivity index (χ1n) is 8.81. The number of hydrogen-bond donors (Lipinski definition) is 1. The molecule has 3 aromatic rings. The lowest BCUT2D eigenvalue weighted by atomic mass is 10.3. The van der Waals surface area contributed by atoms with Gasteiger partial charge in [-0.15, -0.1) is 0 Å². The third-order valence-corrected chi connectivity index (χ3v) is 6.59. The van der Waals surface area contributed by atoms with Crippen molar-refractivity contribution in [3.8, 4) is 0 Å². The van der Waals surface area contributed by atoms with Crippen LogP contribution in [-0.2, 0) is 21.4 Å². The second-order valence-corrected chi connectivity index (χ2v) is 8.38. The smallest absolute Gasteiger partial charge is 0.408 e. The minimum Gasteiger partial charge on any atom is -0.408 e. The van der Waals surface area contributed by atoms with Crippen LogP contribution in [0.15, 0.2) is 51.0 Å². The van der Waals surface area contributed by atoms with Crippen molar-refractivity contribution >= 4 is 27.0 Å². The third kappa shape index (κ3) is 3.34. The highest BCUT2D eigenvalue weighted by Crippen LogP contribution is 2.16. The van der Waals surface area contributed by atoms with Crippen LogP contribution in [0.2, 0.25) is 0 Å². The van der Waals surface area contributed by atoms with Crippen molar-refractivity contribution in [3.05, 3.63) is 47.3 Å². The van der Waals surface area contributed by atoms with Crippen LogP contribution < -0.4 is 5.76 Å². The van der Waals surface area contributed by atoms with Crippen molar-refractivity contribution in [1.82, 2.24) is 23.7 Å². The molecule has 0 radical (unpaired) electrons. The van der Waals surface area contributed by atoms with Crippen molar-refractivity contribution in [2.45, 2.75) is 18.0 Å². The second kappa shape index (κ2) is 7.24. The third-order valence-electron chi connectivity index (χ3n) is 4.77. The van der Waals surface area contributed by atoms with Gasteiger partial charge < -0.3 is 14.3 Å². The summed E-state index contributed by atoms with van der Waals surface area (Å²) in [5.41, 5.74) is 0.979. The number of sulfonamides is 1. The summed E-state index contributed by atoms with van der Waals surface area (Å²) in [4.78, 5) is 32.8. The van der Waals surface area contributed by atoms with Gasteiger partial charge in [-0.05, 0) is 18.6 Å². The molecule has 28 heavy (non-hydrogen) atoms. The Morgan fingerprint density at radius 1 is 1.18 bits per heavy atom. The fourth-order valence-corrected chi connectivity index (χ4v) is 4.67. The normalized spacial score (nSPS) is 16.4. The summed E-state index contributed by atoms with van der Waals surface area (Å²) in [6.07, 6.45) is 3.08. The second-order valence-electron chi connectivity index (χ2n) is 6.48. The van der Waals surface area contributed by atoms with Gasteiger partial charge in [0.25, 0.3) is 10.0 Å². The van der Waals surface area contributed by atoms with Crippen LogP contribution in [0.4, 0.5) is 0 Å². The maximum atomic E-state index is 12.7. The highest BCUT2D eigenvalue weighted by atomic mass is 32.2. The molecule has 1 aromatic carbocycles. The maximum Gasteiger partial charge on any atom is 0.420 e. The van der Waals surface area contributed by atoms with E-state index in [0.29, 0.717) is 30.6 Å². The lowest BCUT2D eigenvalue weighted by Gasteiger charge is -2.21. The number of amides is 1. The zero-order chi connectivity index (χ0) is 19.7. The number of rotatable bonds is 4. The van der Waals surface area contributed by atoms with Gasteiger partial charge in [0, 0.05) is 26.2 Å². The van der Waals surface area contributed by atoms with Crippen molar-refractivity contribution in [3.63, 3.8) is 0 Å². The molecule has 1 aliphatic heterocycles. The highest BCUT2D eigenvalue weighted by Gasteiger charge is 2.29. The first kappa shape index (κ1) is 18.4. The van der Waals surface area contributed by atoms with E-state index in [4.69, 9.17) is 4.42 Å². The molecule has 0 atom stereocenters. The van der Waals surface area contributed by atoms with Crippen LogP contribution in [0.25, 0.3) is 11.1 Å². The molecule has 4 rings (SSSR count). The number of oxazole rings is 1. The zero-order valence-corrected chi connectivity index (χ0v) is 15.8. The predicted molar refractivity (Wildman–Crippen MR) is 99.0 cm³/mol. The number of fused-ring (bicyclic) bond motifs is 1. The van der Waals surface area contributed by atoms with E-state index in [9.17, 15) is 18.0 Å². The molecule has 0 aliphatic carbocycles. The van der Waals surface area contributed by atoms with Crippen LogP contribution in [0, 0.1) is 0 Å². The minimum absolute atomic E-state index is 0.0312. The van der Waals surface area contributed by atoms with Gasteiger partial charge >= 0.3 is 5.76 Å². The molecule has 0 bridgehead atoms. The Labute approximate surface area is 160 Å². The molecule has 0 saturated carbocycles. The first-order valence-corrected chi connectivity index (χ1v) is 10.3. The number of H-pyrrole nitrogens is 1. The molecule has 0 unspecified atom stereocenters. The van der Waals surface area contributed by atoms with E-state index in [-0.39, 0.29) is 30.6 Å². The summed E-state index contributed by atoms with van der Waals surface area (Å²) in [7, 11) is -3.67. The van der Waals surface area contributed by atoms with Gasteiger partial charge in [0.15, 0.2) is 10.6 Å². The Morgan fingerprint density at radius 2 is 2.00 bits per heavy atom. The van der Waals surface area contributed by atoms with Gasteiger partial charge in [0.2, 0.25) is 5.91 Å². The number of hydrogen-bond acceptors (Lipinski definition) is 6. The number of benzene rings is 1. The van der Waals surface area contributed by atoms with Crippen molar-refractivity contribution in [2.75, 3.05) is 26.2 Å². The van der Waals surface area contributed by atoms with Crippen molar-refractivity contribution in [1.29, 1.82) is 0 Å². The molecule has 3 heterocycles. The number of aromatic amines is 1. The number of nitrogens with one attached hydrogen (secondary N) is 1. The van der Waals surface area contributed by atoms with E-state index < -0.39 is 15.8 Å². The lowest BCUT2D eigenvalue weighted by molar-refractivity contribution is -0.131. The molecule has 1 amide bonds. The Bertz CT molecular complexity index is 1150. The van der Waals surface area contributed by atoms with E-state index >= 15 is 0 Å². The van der Waals surface area contributed by atoms with E-state index in [1.807, 2.05) is 0 Å². The van der Waals surface area contributed by atoms with Crippen LogP contribution in [-0.4, -0.2) is 64.2 Å². The first-order chi connectivity index (χ1) is 13.5. The maximum absolute atomic E-state index is 12.7. The Morgan fingerprint density at radius 3 is 2.79 bits per heavy atom. The van der Waals surface area contributed by atoms with Gasteiger partial charge in [-0.2, -0.15) is 4.31 Å². The van der Waals surface area contributed by atoms with Crippen LogP contribution in [0.1, 0.15) is 6.42 Å². The average Bonchev–Trinajstić information content (AvgIpc) is 3.24. The number of carbonyl (C=O) groups excluding carboxylic acids is 1. The summed E-state index contributed by atoms with van der Waals surface area (Å²) in [5.74, 6) is -0.845. The number of para-hydroxylation sites is 2. The fourth-order valence-electron chi connectivity index (χ4n) is 3.31. The zero-order valence-electron chi connectivity index (χ0n) is 14.9. The molecule has 1 aliphatic rings. The molecule has 10 nitrogen and oxygen atoms in total. The van der Waals surface area contributed by atoms with E-state index in [1.54, 1.807) is 29.2 Å². The van der Waals surface area contributed by atoms with Gasteiger partial charge in [-0.1, -0.05) is 12.1 Å². The quantitative estimate of drug-likeness (QED) is 0.664. The number of aromatic nitrogens is 3. The van der Waals surface area contributed by atoms with Crippen molar-refractivity contribution < 1.29 is 17.6 Å². The van der Waals surface area contributed by atoms with Crippen LogP contribution in [0.3, 0.4) is 0 Å². The minimum atomic E-state index is -3.67. The molecular weight excluding hydrogens is 386 g/mol. The molecule has 148 valence electrons.